The fourth-order valence-electron chi connectivity index (χ4n) is 10.2. The second kappa shape index (κ2) is 13.6. The fourth-order valence-corrected chi connectivity index (χ4v) is 11.4. The van der Waals surface area contributed by atoms with Gasteiger partial charge in [-0.05, 0) is 100 Å². The number of fused-ring (bicyclic) bond motifs is 12. The van der Waals surface area contributed by atoms with Crippen LogP contribution in [0.25, 0.3) is 130 Å². The molecule has 0 bridgehead atoms. The summed E-state index contributed by atoms with van der Waals surface area (Å²) in [6.45, 7) is 0. The van der Waals surface area contributed by atoms with Crippen molar-refractivity contribution in [1.29, 1.82) is 0 Å². The molecule has 7 heterocycles. The number of para-hydroxylation sites is 1. The molecule has 7 heteroatoms. The van der Waals surface area contributed by atoms with Gasteiger partial charge in [0.25, 0.3) is 0 Å². The van der Waals surface area contributed by atoms with E-state index in [1.165, 1.54) is 64.0 Å². The zero-order chi connectivity index (χ0) is 41.9. The molecule has 64 heavy (non-hydrogen) atoms. The highest BCUT2D eigenvalue weighted by Gasteiger charge is 2.19. The lowest BCUT2D eigenvalue weighted by Crippen LogP contribution is -1.93. The Kier molecular flexibility index (Phi) is 7.46. The van der Waals surface area contributed by atoms with Gasteiger partial charge in [-0.1, -0.05) is 91.0 Å². The van der Waals surface area contributed by atoms with Crippen LogP contribution in [0, 0.1) is 0 Å². The maximum Gasteiger partial charge on any atom is 0.137 e. The molecule has 14 aromatic rings. The van der Waals surface area contributed by atoms with E-state index in [2.05, 4.69) is 188 Å². The van der Waals surface area contributed by atoms with Gasteiger partial charge in [0.15, 0.2) is 0 Å². The molecule has 0 amide bonds. The van der Waals surface area contributed by atoms with Crippen LogP contribution in [0.5, 0.6) is 0 Å². The van der Waals surface area contributed by atoms with Gasteiger partial charge in [-0.2, -0.15) is 0 Å². The van der Waals surface area contributed by atoms with E-state index >= 15 is 0 Å². The topological polar surface area (TPSA) is 61.7 Å². The van der Waals surface area contributed by atoms with Gasteiger partial charge in [0, 0.05) is 88.5 Å². The average molecular weight is 836 g/mol. The summed E-state index contributed by atoms with van der Waals surface area (Å²) in [6.07, 6.45) is 11.4. The van der Waals surface area contributed by atoms with Gasteiger partial charge in [-0.3, -0.25) is 15.0 Å². The molecule has 7 aromatic heterocycles. The second-order valence-electron chi connectivity index (χ2n) is 16.4. The van der Waals surface area contributed by atoms with E-state index in [1.807, 2.05) is 48.5 Å². The highest BCUT2D eigenvalue weighted by atomic mass is 32.1. The Hall–Kier alpha value is -8.39. The molecule has 7 aromatic carbocycles. The Morgan fingerprint density at radius 2 is 0.797 bits per heavy atom. The van der Waals surface area contributed by atoms with Gasteiger partial charge in [0.1, 0.15) is 11.2 Å². The van der Waals surface area contributed by atoms with Gasteiger partial charge in [0.05, 0.1) is 40.7 Å². The summed E-state index contributed by atoms with van der Waals surface area (Å²) >= 11 is 1.84. The molecular weight excluding hydrogens is 803 g/mol. The van der Waals surface area contributed by atoms with E-state index in [1.54, 1.807) is 0 Å². The molecule has 6 nitrogen and oxygen atoms in total. The highest BCUT2D eigenvalue weighted by Crippen LogP contribution is 2.44. The number of furan rings is 1. The number of hydrogen-bond acceptors (Lipinski definition) is 5. The third-order valence-electron chi connectivity index (χ3n) is 13.0. The van der Waals surface area contributed by atoms with Gasteiger partial charge in [-0.15, -0.1) is 11.3 Å². The smallest absolute Gasteiger partial charge is 0.137 e. The van der Waals surface area contributed by atoms with Crippen molar-refractivity contribution in [3.05, 3.63) is 201 Å². The summed E-state index contributed by atoms with van der Waals surface area (Å²) in [5, 5.41) is 9.45. The lowest BCUT2D eigenvalue weighted by Gasteiger charge is -2.15. The van der Waals surface area contributed by atoms with Crippen LogP contribution in [0.2, 0.25) is 0 Å². The van der Waals surface area contributed by atoms with Gasteiger partial charge < -0.3 is 13.6 Å². The lowest BCUT2D eigenvalue weighted by atomic mass is 9.89. The van der Waals surface area contributed by atoms with Crippen molar-refractivity contribution < 1.29 is 4.42 Å². The van der Waals surface area contributed by atoms with Crippen LogP contribution in [0.4, 0.5) is 0 Å². The second-order valence-corrected chi connectivity index (χ2v) is 17.5. The molecule has 0 saturated carbocycles. The number of thiophene rings is 1. The fraction of sp³-hybridized carbons (Fsp3) is 0. The Bertz CT molecular complexity index is 3850. The third kappa shape index (κ3) is 5.16. The maximum atomic E-state index is 6.71. The molecule has 0 saturated heterocycles. The summed E-state index contributed by atoms with van der Waals surface area (Å²) in [7, 11) is 0. The van der Waals surface area contributed by atoms with Crippen molar-refractivity contribution in [3.63, 3.8) is 0 Å². The summed E-state index contributed by atoms with van der Waals surface area (Å²) in [5.74, 6) is 0. The van der Waals surface area contributed by atoms with E-state index < -0.39 is 0 Å². The van der Waals surface area contributed by atoms with Crippen molar-refractivity contribution in [2.45, 2.75) is 0 Å². The molecule has 14 rings (SSSR count). The molecule has 298 valence electrons. The number of pyridine rings is 3. The molecule has 0 aliphatic carbocycles. The van der Waals surface area contributed by atoms with Crippen molar-refractivity contribution >= 4 is 97.1 Å². The van der Waals surface area contributed by atoms with Gasteiger partial charge >= 0.3 is 0 Å². The number of hydrogen-bond donors (Lipinski definition) is 0. The Labute approximate surface area is 369 Å². The minimum absolute atomic E-state index is 0.854. The Balaban J connectivity index is 0.847. The quantitative estimate of drug-likeness (QED) is 0.173. The predicted molar refractivity (Wildman–Crippen MR) is 265 cm³/mol. The first-order valence-electron chi connectivity index (χ1n) is 21.4. The molecule has 0 atom stereocenters. The molecule has 0 aliphatic rings. The summed E-state index contributed by atoms with van der Waals surface area (Å²) in [5.41, 5.74) is 15.2. The Morgan fingerprint density at radius 3 is 1.44 bits per heavy atom. The molecule has 0 unspecified atom stereocenters. The largest absolute Gasteiger partial charge is 0.456 e. The van der Waals surface area contributed by atoms with Crippen molar-refractivity contribution in [3.8, 4) is 44.8 Å². The molecule has 0 aliphatic heterocycles. The van der Waals surface area contributed by atoms with Crippen LogP contribution in [0.3, 0.4) is 0 Å². The number of rotatable bonds is 5. The zero-order valence-electron chi connectivity index (χ0n) is 34.1. The predicted octanol–water partition coefficient (Wildman–Crippen LogP) is 15.3. The summed E-state index contributed by atoms with van der Waals surface area (Å²) in [6, 6.07) is 59.2. The van der Waals surface area contributed by atoms with Crippen LogP contribution >= 0.6 is 11.3 Å². The van der Waals surface area contributed by atoms with Crippen molar-refractivity contribution in [2.24, 2.45) is 0 Å². The van der Waals surface area contributed by atoms with E-state index in [0.717, 1.165) is 66.5 Å². The zero-order valence-corrected chi connectivity index (χ0v) is 34.9. The van der Waals surface area contributed by atoms with Gasteiger partial charge in [0.2, 0.25) is 0 Å². The normalized spacial score (nSPS) is 12.1. The minimum Gasteiger partial charge on any atom is -0.456 e. The standard InChI is InChI=1S/C57H33N5OS/c1-3-9-40(38(7-1)34-13-17-46-47-19-15-36(29-55(47)63-54(46)27-34)61-50-12-6-5-11-42(50)43-21-24-58-31-51(43)61)41-10-4-2-8-39(41)35-14-18-48-49-20-16-37(30-57(49)64-56(48)28-35)62-52-32-59-25-22-44(52)45-23-26-60-33-53(45)62/h1-33H. The van der Waals surface area contributed by atoms with Crippen LogP contribution in [-0.4, -0.2) is 24.1 Å². The van der Waals surface area contributed by atoms with Gasteiger partial charge in [-0.25, -0.2) is 0 Å². The van der Waals surface area contributed by atoms with Crippen LogP contribution < -0.4 is 0 Å². The number of aromatic nitrogens is 5. The number of benzene rings is 7. The lowest BCUT2D eigenvalue weighted by molar-refractivity contribution is 0.669. The third-order valence-corrected chi connectivity index (χ3v) is 14.2. The summed E-state index contributed by atoms with van der Waals surface area (Å²) < 4.78 is 13.8. The van der Waals surface area contributed by atoms with Crippen molar-refractivity contribution in [2.75, 3.05) is 0 Å². The number of nitrogens with zero attached hydrogens (tertiary/aromatic N) is 5. The SMILES string of the molecule is c1ccc(-c2ccccc2-c2ccc3c(c2)sc2cc(-n4c5cnccc5c5ccncc54)ccc23)c(-c2ccc3c(c2)oc2cc(-n4c5ccccc5c5ccncc54)ccc23)c1. The molecule has 0 N–H and O–H groups in total. The molecule has 0 fully saturated rings. The van der Waals surface area contributed by atoms with Crippen LogP contribution in [0.1, 0.15) is 0 Å². The first kappa shape index (κ1) is 35.2. The minimum atomic E-state index is 0.854. The Morgan fingerprint density at radius 1 is 0.344 bits per heavy atom. The molecule has 0 spiro atoms. The van der Waals surface area contributed by atoms with E-state index in [0.29, 0.717) is 0 Å². The first-order chi connectivity index (χ1) is 31.7. The van der Waals surface area contributed by atoms with E-state index in [-0.39, 0.29) is 0 Å². The van der Waals surface area contributed by atoms with Crippen LogP contribution in [0.15, 0.2) is 205 Å². The molecule has 0 radical (unpaired) electrons. The molecular formula is C57H33N5OS. The van der Waals surface area contributed by atoms with Crippen molar-refractivity contribution in [1.82, 2.24) is 24.1 Å². The van der Waals surface area contributed by atoms with Crippen LogP contribution in [-0.2, 0) is 0 Å². The highest BCUT2D eigenvalue weighted by molar-refractivity contribution is 7.25. The first-order valence-corrected chi connectivity index (χ1v) is 22.2. The maximum absolute atomic E-state index is 6.71. The van der Waals surface area contributed by atoms with E-state index in [4.69, 9.17) is 4.42 Å². The monoisotopic (exact) mass is 835 g/mol. The summed E-state index contributed by atoms with van der Waals surface area (Å²) in [4.78, 5) is 13.4. The average Bonchev–Trinajstić information content (AvgIpc) is 4.10. The van der Waals surface area contributed by atoms with E-state index in [9.17, 15) is 0 Å².